The van der Waals surface area contributed by atoms with Crippen molar-refractivity contribution in [3.63, 3.8) is 0 Å². The molecule has 68 valence electrons. The van der Waals surface area contributed by atoms with Gasteiger partial charge in [0.2, 0.25) is 0 Å². The molecule has 0 unspecified atom stereocenters. The third-order valence-corrected chi connectivity index (χ3v) is 1.54. The fraction of sp³-hybridized carbons (Fsp3) is 0.143. The highest BCUT2D eigenvalue weighted by Gasteiger charge is 2.15. The maximum absolute atomic E-state index is 10.6. The first-order chi connectivity index (χ1) is 6.11. The maximum Gasteiger partial charge on any atom is 0.291 e. The molecule has 0 aliphatic heterocycles. The number of pyridine rings is 1. The molecule has 0 aliphatic carbocycles. The Hall–Kier alpha value is -1.43. The Morgan fingerprint density at radius 2 is 2.38 bits per heavy atom. The average Bonchev–Trinajstić information content (AvgIpc) is 2.03. The molecule has 13 heavy (non-hydrogen) atoms. The molecule has 0 N–H and O–H groups in total. The van der Waals surface area contributed by atoms with E-state index in [-0.39, 0.29) is 17.8 Å². The quantitative estimate of drug-likeness (QED) is 0.446. The van der Waals surface area contributed by atoms with Crippen molar-refractivity contribution >= 4 is 23.4 Å². The summed E-state index contributed by atoms with van der Waals surface area (Å²) >= 11 is 3.52. The van der Waals surface area contributed by atoms with E-state index in [9.17, 15) is 14.9 Å². The standard InChI is InChI=1S/C7H6N2O3S/c10-7(13)4-5-6(9(11)12)2-1-3-8-5/h1-3H,4H2,(H,10,13). The molecule has 0 saturated heterocycles. The van der Waals surface area contributed by atoms with Crippen LogP contribution in [0.2, 0.25) is 0 Å². The lowest BCUT2D eigenvalue weighted by molar-refractivity contribution is -0.385. The number of nitrogens with zero attached hydrogens (tertiary/aromatic N) is 2. The molecule has 6 heteroatoms. The first-order valence-corrected chi connectivity index (χ1v) is 3.86. The summed E-state index contributed by atoms with van der Waals surface area (Å²) in [6.45, 7) is 0. The van der Waals surface area contributed by atoms with Gasteiger partial charge in [-0.15, -0.1) is 12.6 Å². The van der Waals surface area contributed by atoms with E-state index in [4.69, 9.17) is 0 Å². The molecule has 1 aromatic heterocycles. The van der Waals surface area contributed by atoms with Crippen LogP contribution >= 0.6 is 12.6 Å². The Bertz CT molecular complexity index is 353. The van der Waals surface area contributed by atoms with E-state index in [1.165, 1.54) is 18.3 Å². The van der Waals surface area contributed by atoms with Crippen molar-refractivity contribution < 1.29 is 9.72 Å². The molecule has 0 bridgehead atoms. The molecule has 0 fully saturated rings. The van der Waals surface area contributed by atoms with Crippen molar-refractivity contribution in [3.05, 3.63) is 34.1 Å². The normalized spacial score (nSPS) is 9.62. The van der Waals surface area contributed by atoms with Gasteiger partial charge in [0.25, 0.3) is 5.69 Å². The predicted octanol–water partition coefficient (Wildman–Crippen LogP) is 0.989. The van der Waals surface area contributed by atoms with E-state index < -0.39 is 10.0 Å². The van der Waals surface area contributed by atoms with Crippen LogP contribution in [0.1, 0.15) is 5.69 Å². The van der Waals surface area contributed by atoms with Crippen LogP contribution in [0.5, 0.6) is 0 Å². The van der Waals surface area contributed by atoms with Crippen LogP contribution in [0, 0.1) is 10.1 Å². The lowest BCUT2D eigenvalue weighted by Gasteiger charge is -1.97. The Morgan fingerprint density at radius 3 is 2.92 bits per heavy atom. The van der Waals surface area contributed by atoms with Gasteiger partial charge in [-0.3, -0.25) is 19.9 Å². The zero-order valence-corrected chi connectivity index (χ0v) is 7.40. The maximum atomic E-state index is 10.6. The van der Waals surface area contributed by atoms with Gasteiger partial charge in [0.1, 0.15) is 5.69 Å². The Morgan fingerprint density at radius 1 is 1.69 bits per heavy atom. The third-order valence-electron chi connectivity index (χ3n) is 1.38. The lowest BCUT2D eigenvalue weighted by atomic mass is 10.2. The molecule has 0 saturated carbocycles. The van der Waals surface area contributed by atoms with E-state index in [0.29, 0.717) is 0 Å². The second kappa shape index (κ2) is 3.99. The zero-order valence-electron chi connectivity index (χ0n) is 6.51. The van der Waals surface area contributed by atoms with Crippen LogP contribution in [-0.4, -0.2) is 15.0 Å². The van der Waals surface area contributed by atoms with Crippen LogP contribution in [-0.2, 0) is 11.2 Å². The second-order valence-electron chi connectivity index (χ2n) is 2.30. The highest BCUT2D eigenvalue weighted by Crippen LogP contribution is 2.15. The van der Waals surface area contributed by atoms with Gasteiger partial charge < -0.3 is 0 Å². The largest absolute Gasteiger partial charge is 0.291 e. The molecule has 1 aromatic rings. The minimum atomic E-state index is -0.570. The van der Waals surface area contributed by atoms with Gasteiger partial charge >= 0.3 is 0 Å². The van der Waals surface area contributed by atoms with E-state index in [2.05, 4.69) is 17.6 Å². The third kappa shape index (κ3) is 2.51. The SMILES string of the molecule is O=C(S)Cc1ncccc1[N+](=O)[O-]. The molecular weight excluding hydrogens is 192 g/mol. The number of thiol groups is 1. The van der Waals surface area contributed by atoms with Crippen molar-refractivity contribution in [3.8, 4) is 0 Å². The molecule has 0 aliphatic rings. The van der Waals surface area contributed by atoms with E-state index in [0.717, 1.165) is 0 Å². The van der Waals surface area contributed by atoms with Crippen LogP contribution in [0.25, 0.3) is 0 Å². The molecule has 0 amide bonds. The molecular formula is C7H6N2O3S. The van der Waals surface area contributed by atoms with Crippen molar-refractivity contribution in [1.29, 1.82) is 0 Å². The van der Waals surface area contributed by atoms with E-state index >= 15 is 0 Å². The minimum Gasteiger partial charge on any atom is -0.287 e. The molecule has 0 aromatic carbocycles. The number of nitro groups is 1. The van der Waals surface area contributed by atoms with Crippen molar-refractivity contribution in [1.82, 2.24) is 4.98 Å². The first kappa shape index (κ1) is 9.66. The van der Waals surface area contributed by atoms with Gasteiger partial charge in [-0.2, -0.15) is 0 Å². The summed E-state index contributed by atoms with van der Waals surface area (Å²) in [7, 11) is 0. The Balaban J connectivity index is 3.04. The summed E-state index contributed by atoms with van der Waals surface area (Å²) in [5.41, 5.74) is -0.00241. The summed E-state index contributed by atoms with van der Waals surface area (Å²) in [5.74, 6) is 0. The Kier molecular flexibility index (Phi) is 2.97. The molecule has 1 heterocycles. The van der Waals surface area contributed by atoms with Gasteiger partial charge in [-0.1, -0.05) is 0 Å². The van der Waals surface area contributed by atoms with Gasteiger partial charge in [0.05, 0.1) is 11.3 Å². The predicted molar refractivity (Wildman–Crippen MR) is 48.6 cm³/mol. The monoisotopic (exact) mass is 198 g/mol. The van der Waals surface area contributed by atoms with Gasteiger partial charge in [0, 0.05) is 12.3 Å². The van der Waals surface area contributed by atoms with E-state index in [1.807, 2.05) is 0 Å². The summed E-state index contributed by atoms with van der Waals surface area (Å²) in [6, 6.07) is 2.75. The molecule has 0 spiro atoms. The van der Waals surface area contributed by atoms with Crippen molar-refractivity contribution in [2.75, 3.05) is 0 Å². The average molecular weight is 198 g/mol. The van der Waals surface area contributed by atoms with Crippen LogP contribution in [0.15, 0.2) is 18.3 Å². The zero-order chi connectivity index (χ0) is 9.84. The summed E-state index contributed by atoms with van der Waals surface area (Å²) in [6.07, 6.45) is 1.28. The smallest absolute Gasteiger partial charge is 0.287 e. The van der Waals surface area contributed by atoms with Crippen LogP contribution < -0.4 is 0 Å². The van der Waals surface area contributed by atoms with Crippen molar-refractivity contribution in [2.45, 2.75) is 6.42 Å². The number of carbonyl (C=O) groups excluding carboxylic acids is 1. The molecule has 0 radical (unpaired) electrons. The minimum absolute atomic E-state index is 0.125. The first-order valence-electron chi connectivity index (χ1n) is 3.41. The topological polar surface area (TPSA) is 73.1 Å². The van der Waals surface area contributed by atoms with Crippen molar-refractivity contribution in [2.24, 2.45) is 0 Å². The summed E-state index contributed by atoms with van der Waals surface area (Å²) in [4.78, 5) is 24.2. The number of aromatic nitrogens is 1. The number of carbonyl (C=O) groups is 1. The number of rotatable bonds is 3. The van der Waals surface area contributed by atoms with Crippen LogP contribution in [0.3, 0.4) is 0 Å². The highest BCUT2D eigenvalue weighted by atomic mass is 32.1. The van der Waals surface area contributed by atoms with E-state index in [1.54, 1.807) is 0 Å². The molecule has 0 atom stereocenters. The van der Waals surface area contributed by atoms with Gasteiger partial charge in [-0.05, 0) is 6.07 Å². The highest BCUT2D eigenvalue weighted by molar-refractivity contribution is 7.96. The molecule has 5 nitrogen and oxygen atoms in total. The second-order valence-corrected chi connectivity index (χ2v) is 2.80. The van der Waals surface area contributed by atoms with Gasteiger partial charge in [0.15, 0.2) is 5.12 Å². The van der Waals surface area contributed by atoms with Gasteiger partial charge in [-0.25, -0.2) is 0 Å². The Labute approximate surface area is 79.4 Å². The van der Waals surface area contributed by atoms with Crippen LogP contribution in [0.4, 0.5) is 5.69 Å². The fourth-order valence-electron chi connectivity index (χ4n) is 0.875. The molecule has 1 rings (SSSR count). The lowest BCUT2D eigenvalue weighted by Crippen LogP contribution is -2.01. The fourth-order valence-corrected chi connectivity index (χ4v) is 1.02. The number of hydrogen-bond acceptors (Lipinski definition) is 4. The summed E-state index contributed by atoms with van der Waals surface area (Å²) in [5, 5.41) is 9.99. The summed E-state index contributed by atoms with van der Waals surface area (Å²) < 4.78 is 0. The number of hydrogen-bond donors (Lipinski definition) is 1.